The second kappa shape index (κ2) is 8.81. The van der Waals surface area contributed by atoms with Crippen molar-refractivity contribution in [3.05, 3.63) is 71.3 Å². The van der Waals surface area contributed by atoms with Crippen LogP contribution in [0.4, 0.5) is 13.2 Å². The molecule has 2 atom stereocenters. The van der Waals surface area contributed by atoms with Crippen LogP contribution in [0.1, 0.15) is 77.2 Å². The van der Waals surface area contributed by atoms with E-state index in [1.54, 1.807) is 12.1 Å². The van der Waals surface area contributed by atoms with Crippen molar-refractivity contribution >= 4 is 0 Å². The van der Waals surface area contributed by atoms with Gasteiger partial charge in [-0.05, 0) is 77.6 Å². The molecule has 0 amide bonds. The Hall–Kier alpha value is -1.89. The topological polar surface area (TPSA) is 21.7 Å². The summed E-state index contributed by atoms with van der Waals surface area (Å²) >= 11 is 0. The van der Waals surface area contributed by atoms with Gasteiger partial charge in [-0.3, -0.25) is 4.84 Å². The van der Waals surface area contributed by atoms with E-state index in [2.05, 4.69) is 13.8 Å². The molecule has 0 bridgehead atoms. The number of halogens is 3. The summed E-state index contributed by atoms with van der Waals surface area (Å²) in [6.07, 6.45) is -3.08. The Morgan fingerprint density at radius 1 is 0.906 bits per heavy atom. The molecular weight excluding hydrogens is 415 g/mol. The zero-order valence-corrected chi connectivity index (χ0v) is 19.8. The molecule has 32 heavy (non-hydrogen) atoms. The molecule has 0 saturated carbocycles. The molecule has 1 aliphatic rings. The quantitative estimate of drug-likeness (QED) is 0.462. The van der Waals surface area contributed by atoms with Crippen molar-refractivity contribution in [3.8, 4) is 0 Å². The molecule has 3 rings (SSSR count). The van der Waals surface area contributed by atoms with Crippen molar-refractivity contribution in [3.63, 3.8) is 0 Å². The summed E-state index contributed by atoms with van der Waals surface area (Å²) in [5.41, 5.74) is -0.0356. The number of ether oxygens (including phenoxy) is 1. The van der Waals surface area contributed by atoms with E-state index in [1.807, 2.05) is 63.1 Å². The molecule has 1 unspecified atom stereocenters. The molecule has 1 aliphatic heterocycles. The van der Waals surface area contributed by atoms with Gasteiger partial charge in [0.05, 0.1) is 23.3 Å². The summed E-state index contributed by atoms with van der Waals surface area (Å²) in [6.45, 7) is 12.6. The minimum absolute atomic E-state index is 0.299. The zero-order chi connectivity index (χ0) is 23.8. The van der Waals surface area contributed by atoms with Gasteiger partial charge in [0.2, 0.25) is 0 Å². The first kappa shape index (κ1) is 24.7. The highest BCUT2D eigenvalue weighted by molar-refractivity contribution is 5.31. The van der Waals surface area contributed by atoms with Crippen molar-refractivity contribution in [1.29, 1.82) is 0 Å². The number of hydrogen-bond acceptors (Lipinski definition) is 3. The van der Waals surface area contributed by atoms with Gasteiger partial charge in [-0.1, -0.05) is 42.5 Å². The van der Waals surface area contributed by atoms with E-state index in [9.17, 15) is 13.2 Å². The summed E-state index contributed by atoms with van der Waals surface area (Å²) in [5.74, 6) is 0. The van der Waals surface area contributed by atoms with Crippen LogP contribution in [0.2, 0.25) is 0 Å². The second-order valence-corrected chi connectivity index (χ2v) is 10.4. The highest BCUT2D eigenvalue weighted by atomic mass is 19.4. The van der Waals surface area contributed by atoms with Crippen molar-refractivity contribution in [1.82, 2.24) is 5.06 Å². The standard InChI is InChI=1S/C26H34F3NO2/c1-23(2,3)31-18-22(19-10-8-7-9-11-19)32-30-24(4,5)16-17-25(30,6)20-12-14-21(15-13-20)26(27,28)29/h7-15,22H,16-18H2,1-6H3/t22-,25?/m1/s1. The monoisotopic (exact) mass is 449 g/mol. The molecule has 2 aromatic rings. The molecule has 1 heterocycles. The number of rotatable bonds is 6. The molecule has 0 radical (unpaired) electrons. The molecular formula is C26H34F3NO2. The number of alkyl halides is 3. The third-order valence-corrected chi connectivity index (χ3v) is 6.13. The van der Waals surface area contributed by atoms with Crippen LogP contribution in [-0.4, -0.2) is 22.8 Å². The van der Waals surface area contributed by atoms with Gasteiger partial charge in [0, 0.05) is 5.54 Å². The highest BCUT2D eigenvalue weighted by Crippen LogP contribution is 2.49. The van der Waals surface area contributed by atoms with Crippen molar-refractivity contribution in [2.75, 3.05) is 6.61 Å². The maximum Gasteiger partial charge on any atom is 0.416 e. The largest absolute Gasteiger partial charge is 0.416 e. The number of nitrogens with zero attached hydrogens (tertiary/aromatic N) is 1. The van der Waals surface area contributed by atoms with Crippen LogP contribution in [0, 0.1) is 0 Å². The molecule has 6 heteroatoms. The van der Waals surface area contributed by atoms with E-state index in [4.69, 9.17) is 9.57 Å². The Balaban J connectivity index is 1.93. The van der Waals surface area contributed by atoms with Crippen LogP contribution in [0.5, 0.6) is 0 Å². The Labute approximate surface area is 189 Å². The van der Waals surface area contributed by atoms with Gasteiger partial charge in [-0.15, -0.1) is 0 Å². The average Bonchev–Trinajstić information content (AvgIpc) is 2.94. The van der Waals surface area contributed by atoms with Gasteiger partial charge in [0.1, 0.15) is 6.10 Å². The number of hydroxylamine groups is 2. The van der Waals surface area contributed by atoms with Gasteiger partial charge in [-0.2, -0.15) is 18.2 Å². The second-order valence-electron chi connectivity index (χ2n) is 10.4. The SMILES string of the molecule is CC(C)(C)OC[C@@H](ON1C(C)(C)CCC1(C)c1ccc(C(F)(F)F)cc1)c1ccccc1. The third kappa shape index (κ3) is 5.53. The molecule has 3 nitrogen and oxygen atoms in total. The minimum atomic E-state index is -4.35. The molecule has 0 aromatic heterocycles. The lowest BCUT2D eigenvalue weighted by molar-refractivity contribution is -0.289. The molecule has 1 fully saturated rings. The summed E-state index contributed by atoms with van der Waals surface area (Å²) < 4.78 is 45.3. The maximum atomic E-state index is 13.1. The van der Waals surface area contributed by atoms with Gasteiger partial charge in [0.15, 0.2) is 0 Å². The van der Waals surface area contributed by atoms with E-state index in [0.29, 0.717) is 6.61 Å². The summed E-state index contributed by atoms with van der Waals surface area (Å²) in [7, 11) is 0. The van der Waals surface area contributed by atoms with Gasteiger partial charge in [-0.25, -0.2) is 0 Å². The summed E-state index contributed by atoms with van der Waals surface area (Å²) in [4.78, 5) is 6.66. The molecule has 0 N–H and O–H groups in total. The zero-order valence-electron chi connectivity index (χ0n) is 19.8. The molecule has 0 spiro atoms. The first-order valence-electron chi connectivity index (χ1n) is 11.1. The molecule has 176 valence electrons. The Morgan fingerprint density at radius 3 is 2.03 bits per heavy atom. The summed E-state index contributed by atoms with van der Waals surface area (Å²) in [6, 6.07) is 15.4. The van der Waals surface area contributed by atoms with Gasteiger partial charge < -0.3 is 4.74 Å². The lowest BCUT2D eigenvalue weighted by atomic mass is 9.89. The van der Waals surface area contributed by atoms with Crippen LogP contribution >= 0.6 is 0 Å². The van der Waals surface area contributed by atoms with Crippen LogP contribution < -0.4 is 0 Å². The number of hydrogen-bond donors (Lipinski definition) is 0. The number of benzene rings is 2. The van der Waals surface area contributed by atoms with E-state index < -0.39 is 17.3 Å². The Morgan fingerprint density at radius 2 is 1.50 bits per heavy atom. The third-order valence-electron chi connectivity index (χ3n) is 6.13. The average molecular weight is 450 g/mol. The van der Waals surface area contributed by atoms with Crippen LogP contribution in [0.3, 0.4) is 0 Å². The Bertz CT molecular complexity index is 888. The summed E-state index contributed by atoms with van der Waals surface area (Å²) in [5, 5.41) is 1.98. The predicted molar refractivity (Wildman–Crippen MR) is 120 cm³/mol. The van der Waals surface area contributed by atoms with E-state index in [1.165, 1.54) is 0 Å². The van der Waals surface area contributed by atoms with E-state index >= 15 is 0 Å². The Kier molecular flexibility index (Phi) is 6.81. The van der Waals surface area contributed by atoms with Crippen molar-refractivity contribution in [2.45, 2.75) is 83.3 Å². The van der Waals surface area contributed by atoms with Crippen molar-refractivity contribution < 1.29 is 22.7 Å². The smallest absolute Gasteiger partial charge is 0.373 e. The van der Waals surface area contributed by atoms with Gasteiger partial charge in [0.25, 0.3) is 0 Å². The lowest BCUT2D eigenvalue weighted by Gasteiger charge is -2.43. The fourth-order valence-corrected chi connectivity index (χ4v) is 4.27. The first-order valence-corrected chi connectivity index (χ1v) is 11.1. The van der Waals surface area contributed by atoms with Crippen LogP contribution in [0.15, 0.2) is 54.6 Å². The normalized spacial score (nSPS) is 22.8. The first-order chi connectivity index (χ1) is 14.7. The molecule has 2 aromatic carbocycles. The fraction of sp³-hybridized carbons (Fsp3) is 0.538. The van der Waals surface area contributed by atoms with Crippen LogP contribution in [-0.2, 0) is 21.3 Å². The van der Waals surface area contributed by atoms with Crippen LogP contribution in [0.25, 0.3) is 0 Å². The minimum Gasteiger partial charge on any atom is -0.373 e. The van der Waals surface area contributed by atoms with E-state index in [0.717, 1.165) is 36.1 Å². The predicted octanol–water partition coefficient (Wildman–Crippen LogP) is 7.28. The van der Waals surface area contributed by atoms with Crippen molar-refractivity contribution in [2.24, 2.45) is 0 Å². The van der Waals surface area contributed by atoms with Gasteiger partial charge >= 0.3 is 6.18 Å². The molecule has 0 aliphatic carbocycles. The fourth-order valence-electron chi connectivity index (χ4n) is 4.27. The lowest BCUT2D eigenvalue weighted by Crippen LogP contribution is -2.49. The van der Waals surface area contributed by atoms with E-state index in [-0.39, 0.29) is 17.2 Å². The molecule has 1 saturated heterocycles. The maximum absolute atomic E-state index is 13.1. The highest BCUT2D eigenvalue weighted by Gasteiger charge is 2.51.